The summed E-state index contributed by atoms with van der Waals surface area (Å²) in [5.74, 6) is 0. The van der Waals surface area contributed by atoms with Gasteiger partial charge in [-0.2, -0.15) is 5.26 Å². The van der Waals surface area contributed by atoms with Gasteiger partial charge in [0.2, 0.25) is 0 Å². The first-order valence-corrected chi connectivity index (χ1v) is 9.80. The van der Waals surface area contributed by atoms with Crippen LogP contribution in [0, 0.1) is 11.3 Å². The summed E-state index contributed by atoms with van der Waals surface area (Å²) in [5, 5.41) is 9.00. The molecule has 0 bridgehead atoms. The third-order valence-corrected chi connectivity index (χ3v) is 4.94. The Bertz CT molecular complexity index is 878. The van der Waals surface area contributed by atoms with Crippen LogP contribution < -0.4 is 5.73 Å². The summed E-state index contributed by atoms with van der Waals surface area (Å²) in [7, 11) is 0. The average Bonchev–Trinajstić information content (AvgIpc) is 2.75. The van der Waals surface area contributed by atoms with Crippen LogP contribution in [-0.4, -0.2) is 11.4 Å². The summed E-state index contributed by atoms with van der Waals surface area (Å²) in [6, 6.07) is 29.3. The van der Waals surface area contributed by atoms with Crippen LogP contribution in [-0.2, 0) is 26.1 Å². The molecule has 2 N–H and O–H groups in total. The molecule has 3 aromatic rings. The summed E-state index contributed by atoms with van der Waals surface area (Å²) in [5.41, 5.74) is 11.5. The third-order valence-electron chi connectivity index (χ3n) is 4.94. The fraction of sp³-hybridized carbons (Fsp3) is 0.240. The molecule has 3 heteroatoms. The number of hydrogen-bond acceptors (Lipinski definition) is 3. The zero-order valence-electron chi connectivity index (χ0n) is 16.2. The second-order valence-electron chi connectivity index (χ2n) is 7.13. The van der Waals surface area contributed by atoms with Crippen molar-refractivity contribution in [2.75, 3.05) is 6.54 Å². The van der Waals surface area contributed by atoms with E-state index in [1.165, 1.54) is 16.7 Å². The summed E-state index contributed by atoms with van der Waals surface area (Å²) >= 11 is 0. The molecule has 0 radical (unpaired) electrons. The second kappa shape index (κ2) is 10.4. The van der Waals surface area contributed by atoms with E-state index >= 15 is 0 Å². The van der Waals surface area contributed by atoms with Gasteiger partial charge in [-0.05, 0) is 53.8 Å². The molecule has 0 amide bonds. The maximum Gasteiger partial charge on any atom is 0.0991 e. The van der Waals surface area contributed by atoms with Gasteiger partial charge in [0, 0.05) is 19.6 Å². The first-order chi connectivity index (χ1) is 13.8. The molecule has 0 aliphatic heterocycles. The van der Waals surface area contributed by atoms with Crippen LogP contribution in [0.3, 0.4) is 0 Å². The number of nitrogens with zero attached hydrogens (tertiary/aromatic N) is 2. The van der Waals surface area contributed by atoms with E-state index < -0.39 is 0 Å². The molecule has 0 heterocycles. The van der Waals surface area contributed by atoms with Gasteiger partial charge in [0.1, 0.15) is 0 Å². The third kappa shape index (κ3) is 6.06. The predicted octanol–water partition coefficient (Wildman–Crippen LogP) is 4.65. The minimum atomic E-state index is 0.576. The summed E-state index contributed by atoms with van der Waals surface area (Å²) in [6.45, 7) is 3.37. The molecule has 0 aromatic heterocycles. The highest BCUT2D eigenvalue weighted by Gasteiger charge is 2.08. The number of benzene rings is 3. The van der Waals surface area contributed by atoms with Gasteiger partial charge in [-0.25, -0.2) is 0 Å². The van der Waals surface area contributed by atoms with Crippen LogP contribution in [0.25, 0.3) is 0 Å². The van der Waals surface area contributed by atoms with Crippen LogP contribution in [0.4, 0.5) is 0 Å². The molecule has 28 heavy (non-hydrogen) atoms. The fourth-order valence-electron chi connectivity index (χ4n) is 3.35. The zero-order chi connectivity index (χ0) is 19.6. The van der Waals surface area contributed by atoms with Crippen molar-refractivity contribution < 1.29 is 0 Å². The average molecular weight is 370 g/mol. The number of nitriles is 1. The lowest BCUT2D eigenvalue weighted by atomic mass is 10.1. The Morgan fingerprint density at radius 1 is 0.714 bits per heavy atom. The lowest BCUT2D eigenvalue weighted by Crippen LogP contribution is -2.24. The van der Waals surface area contributed by atoms with Crippen molar-refractivity contribution in [1.29, 1.82) is 5.26 Å². The van der Waals surface area contributed by atoms with Crippen LogP contribution >= 0.6 is 0 Å². The largest absolute Gasteiger partial charge is 0.326 e. The molecule has 0 atom stereocenters. The molecule has 0 unspecified atom stereocenters. The molecule has 0 fully saturated rings. The van der Waals surface area contributed by atoms with Gasteiger partial charge in [0.05, 0.1) is 11.6 Å². The highest BCUT2D eigenvalue weighted by atomic mass is 15.1. The normalized spacial score (nSPS) is 10.8. The standard InChI is InChI=1S/C25H27N3/c26-17-22-8-12-24(13-9-22)19-28(16-4-7-21-5-2-1-3-6-21)20-25-14-10-23(18-27)11-15-25/h1-3,5-6,8-15H,4,7,16-17,19-20,26H2. The molecule has 3 nitrogen and oxygen atoms in total. The van der Waals surface area contributed by atoms with Crippen molar-refractivity contribution in [1.82, 2.24) is 4.90 Å². The van der Waals surface area contributed by atoms with Crippen molar-refractivity contribution in [3.63, 3.8) is 0 Å². The summed E-state index contributed by atoms with van der Waals surface area (Å²) < 4.78 is 0. The molecule has 0 saturated heterocycles. The SMILES string of the molecule is N#Cc1ccc(CN(CCCc2ccccc2)Cc2ccc(CN)cc2)cc1. The molecular formula is C25H27N3. The highest BCUT2D eigenvalue weighted by molar-refractivity contribution is 5.31. The van der Waals surface area contributed by atoms with E-state index in [1.807, 2.05) is 12.1 Å². The molecule has 0 aliphatic carbocycles. The van der Waals surface area contributed by atoms with E-state index in [1.54, 1.807) is 0 Å². The van der Waals surface area contributed by atoms with Crippen LogP contribution in [0.5, 0.6) is 0 Å². The van der Waals surface area contributed by atoms with Crippen LogP contribution in [0.15, 0.2) is 78.9 Å². The van der Waals surface area contributed by atoms with Crippen molar-refractivity contribution in [3.05, 3.63) is 107 Å². The minimum Gasteiger partial charge on any atom is -0.326 e. The van der Waals surface area contributed by atoms with Crippen molar-refractivity contribution in [2.24, 2.45) is 5.73 Å². The molecule has 0 aliphatic rings. The lowest BCUT2D eigenvalue weighted by Gasteiger charge is -2.23. The summed E-state index contributed by atoms with van der Waals surface area (Å²) in [4.78, 5) is 2.47. The highest BCUT2D eigenvalue weighted by Crippen LogP contribution is 2.14. The zero-order valence-corrected chi connectivity index (χ0v) is 16.2. The molecule has 0 saturated carbocycles. The monoisotopic (exact) mass is 369 g/mol. The molecule has 142 valence electrons. The predicted molar refractivity (Wildman–Crippen MR) is 114 cm³/mol. The first kappa shape index (κ1) is 19.8. The Labute approximate surface area is 168 Å². The number of hydrogen-bond donors (Lipinski definition) is 1. The van der Waals surface area contributed by atoms with Gasteiger partial charge in [-0.3, -0.25) is 4.90 Å². The Hall–Kier alpha value is -2.93. The van der Waals surface area contributed by atoms with E-state index in [0.29, 0.717) is 12.1 Å². The Kier molecular flexibility index (Phi) is 7.37. The Morgan fingerprint density at radius 3 is 1.86 bits per heavy atom. The van der Waals surface area contributed by atoms with Crippen molar-refractivity contribution in [2.45, 2.75) is 32.5 Å². The smallest absolute Gasteiger partial charge is 0.0991 e. The van der Waals surface area contributed by atoms with E-state index in [4.69, 9.17) is 11.0 Å². The molecular weight excluding hydrogens is 342 g/mol. The lowest BCUT2D eigenvalue weighted by molar-refractivity contribution is 0.253. The number of aryl methyl sites for hydroxylation is 1. The van der Waals surface area contributed by atoms with Gasteiger partial charge in [0.25, 0.3) is 0 Å². The van der Waals surface area contributed by atoms with Crippen LogP contribution in [0.2, 0.25) is 0 Å². The topological polar surface area (TPSA) is 53.0 Å². The van der Waals surface area contributed by atoms with Crippen molar-refractivity contribution in [3.8, 4) is 6.07 Å². The van der Waals surface area contributed by atoms with Gasteiger partial charge in [0.15, 0.2) is 0 Å². The van der Waals surface area contributed by atoms with E-state index in [-0.39, 0.29) is 0 Å². The summed E-state index contributed by atoms with van der Waals surface area (Å²) in [6.07, 6.45) is 2.19. The number of rotatable bonds is 9. The second-order valence-corrected chi connectivity index (χ2v) is 7.13. The van der Waals surface area contributed by atoms with Crippen molar-refractivity contribution >= 4 is 0 Å². The maximum absolute atomic E-state index is 9.00. The van der Waals surface area contributed by atoms with Gasteiger partial charge in [-0.15, -0.1) is 0 Å². The quantitative estimate of drug-likeness (QED) is 0.597. The van der Waals surface area contributed by atoms with E-state index in [0.717, 1.165) is 38.0 Å². The van der Waals surface area contributed by atoms with E-state index in [2.05, 4.69) is 77.7 Å². The van der Waals surface area contributed by atoms with E-state index in [9.17, 15) is 0 Å². The van der Waals surface area contributed by atoms with Crippen LogP contribution in [0.1, 0.15) is 34.2 Å². The molecule has 0 spiro atoms. The molecule has 3 rings (SSSR count). The Morgan fingerprint density at radius 2 is 1.29 bits per heavy atom. The minimum absolute atomic E-state index is 0.576. The van der Waals surface area contributed by atoms with Gasteiger partial charge >= 0.3 is 0 Å². The Balaban J connectivity index is 1.65. The fourth-order valence-corrected chi connectivity index (χ4v) is 3.35. The number of nitrogens with two attached hydrogens (primary N) is 1. The van der Waals surface area contributed by atoms with Gasteiger partial charge in [-0.1, -0.05) is 66.7 Å². The maximum atomic E-state index is 9.00. The molecule has 3 aromatic carbocycles. The first-order valence-electron chi connectivity index (χ1n) is 9.80. The van der Waals surface area contributed by atoms with Gasteiger partial charge < -0.3 is 5.73 Å².